The lowest BCUT2D eigenvalue weighted by Crippen LogP contribution is -2.22. The van der Waals surface area contributed by atoms with Gasteiger partial charge < -0.3 is 19.5 Å². The minimum absolute atomic E-state index is 0.00310. The third kappa shape index (κ3) is 11.9. The molecule has 0 aliphatic rings. The van der Waals surface area contributed by atoms with Crippen molar-refractivity contribution >= 4 is 17.8 Å². The molecule has 0 saturated heterocycles. The van der Waals surface area contributed by atoms with Crippen molar-refractivity contribution in [3.05, 3.63) is 101 Å². The molecular weight excluding hydrogens is 566 g/mol. The maximum atomic E-state index is 12.9. The van der Waals surface area contributed by atoms with Gasteiger partial charge >= 0.3 is 11.9 Å². The number of unbranched alkanes of at least 4 members (excludes halogenated alkanes) is 2. The Morgan fingerprint density at radius 1 is 0.800 bits per heavy atom. The summed E-state index contributed by atoms with van der Waals surface area (Å²) in [6.07, 6.45) is 8.61. The predicted molar refractivity (Wildman–Crippen MR) is 178 cm³/mol. The molecule has 0 fully saturated rings. The molecule has 1 unspecified atom stereocenters. The minimum Gasteiger partial charge on any atom is -0.493 e. The molecule has 240 valence electrons. The van der Waals surface area contributed by atoms with Crippen molar-refractivity contribution in [2.24, 2.45) is 11.8 Å². The van der Waals surface area contributed by atoms with Crippen molar-refractivity contribution in [1.29, 1.82) is 0 Å². The maximum Gasteiger partial charge on any atom is 0.343 e. The molecule has 0 heterocycles. The number of allylic oxidation sites excluding steroid dienone is 2. The van der Waals surface area contributed by atoms with Gasteiger partial charge in [-0.2, -0.15) is 0 Å². The molecule has 0 radical (unpaired) electrons. The lowest BCUT2D eigenvalue weighted by molar-refractivity contribution is -0.135. The fourth-order valence-electron chi connectivity index (χ4n) is 4.68. The van der Waals surface area contributed by atoms with Gasteiger partial charge in [0.1, 0.15) is 5.75 Å². The van der Waals surface area contributed by atoms with E-state index in [2.05, 4.69) is 57.3 Å². The zero-order valence-corrected chi connectivity index (χ0v) is 27.4. The highest BCUT2D eigenvalue weighted by Crippen LogP contribution is 2.29. The van der Waals surface area contributed by atoms with Crippen molar-refractivity contribution in [3.8, 4) is 17.2 Å². The molecule has 0 aromatic heterocycles. The zero-order valence-electron chi connectivity index (χ0n) is 27.4. The van der Waals surface area contributed by atoms with E-state index in [4.69, 9.17) is 14.2 Å². The van der Waals surface area contributed by atoms with Gasteiger partial charge in [-0.05, 0) is 97.5 Å². The van der Waals surface area contributed by atoms with Crippen molar-refractivity contribution < 1.29 is 28.6 Å². The Bertz CT molecular complexity index is 1420. The summed E-state index contributed by atoms with van der Waals surface area (Å²) in [4.78, 5) is 37.9. The van der Waals surface area contributed by atoms with E-state index in [1.54, 1.807) is 42.5 Å². The largest absolute Gasteiger partial charge is 0.493 e. The lowest BCUT2D eigenvalue weighted by Gasteiger charge is -2.13. The van der Waals surface area contributed by atoms with E-state index in [1.165, 1.54) is 12.7 Å². The van der Waals surface area contributed by atoms with Gasteiger partial charge in [-0.25, -0.2) is 4.79 Å². The quantitative estimate of drug-likeness (QED) is 0.0758. The van der Waals surface area contributed by atoms with Crippen LogP contribution in [-0.4, -0.2) is 25.0 Å². The third-order valence-corrected chi connectivity index (χ3v) is 7.25. The third-order valence-electron chi connectivity index (χ3n) is 7.25. The van der Waals surface area contributed by atoms with Gasteiger partial charge in [-0.3, -0.25) is 9.59 Å². The Hall–Kier alpha value is -4.39. The molecular formula is C38H47NO6. The minimum atomic E-state index is -0.578. The average molecular weight is 614 g/mol. The Morgan fingerprint density at radius 3 is 2.13 bits per heavy atom. The molecule has 0 saturated carbocycles. The fourth-order valence-corrected chi connectivity index (χ4v) is 4.68. The number of hydrogen-bond acceptors (Lipinski definition) is 6. The first-order valence-corrected chi connectivity index (χ1v) is 15.8. The van der Waals surface area contributed by atoms with Crippen LogP contribution in [0.5, 0.6) is 17.2 Å². The predicted octanol–water partition coefficient (Wildman–Crippen LogP) is 8.21. The zero-order chi connectivity index (χ0) is 32.8. The number of nitrogens with one attached hydrogen (secondary N) is 1. The van der Waals surface area contributed by atoms with Gasteiger partial charge in [0.15, 0.2) is 11.5 Å². The number of methoxy groups -OCH3 is 1. The van der Waals surface area contributed by atoms with E-state index in [0.717, 1.165) is 36.8 Å². The average Bonchev–Trinajstić information content (AvgIpc) is 3.02. The topological polar surface area (TPSA) is 90.9 Å². The molecule has 3 aromatic carbocycles. The molecule has 0 spiro atoms. The molecule has 0 aliphatic heterocycles. The van der Waals surface area contributed by atoms with Crippen molar-refractivity contribution in [3.63, 3.8) is 0 Å². The van der Waals surface area contributed by atoms with E-state index >= 15 is 0 Å². The first-order valence-electron chi connectivity index (χ1n) is 15.8. The normalized spacial score (nSPS) is 11.9. The summed E-state index contributed by atoms with van der Waals surface area (Å²) in [7, 11) is 1.49. The van der Waals surface area contributed by atoms with Crippen LogP contribution in [0, 0.1) is 11.8 Å². The van der Waals surface area contributed by atoms with E-state index in [1.807, 2.05) is 19.1 Å². The smallest absolute Gasteiger partial charge is 0.343 e. The van der Waals surface area contributed by atoms with Crippen LogP contribution in [-0.2, 0) is 22.6 Å². The maximum absolute atomic E-state index is 12.9. The summed E-state index contributed by atoms with van der Waals surface area (Å²) in [6.45, 7) is 10.8. The Labute approximate surface area is 268 Å². The Balaban J connectivity index is 1.49. The lowest BCUT2D eigenvalue weighted by atomic mass is 9.97. The van der Waals surface area contributed by atoms with Crippen LogP contribution < -0.4 is 19.5 Å². The van der Waals surface area contributed by atoms with Gasteiger partial charge in [-0.15, -0.1) is 0 Å². The van der Waals surface area contributed by atoms with Gasteiger partial charge in [0, 0.05) is 13.0 Å². The number of esters is 2. The molecule has 0 aliphatic carbocycles. The molecule has 3 rings (SSSR count). The number of carbonyl (C=O) groups is 3. The number of carbonyl (C=O) groups excluding carboxylic acids is 3. The van der Waals surface area contributed by atoms with Crippen LogP contribution in [0.1, 0.15) is 93.3 Å². The first kappa shape index (κ1) is 35.1. The molecule has 7 nitrogen and oxygen atoms in total. The highest BCUT2D eigenvalue weighted by molar-refractivity contribution is 5.91. The summed E-state index contributed by atoms with van der Waals surface area (Å²) in [5.41, 5.74) is 3.24. The molecule has 1 amide bonds. The molecule has 0 bridgehead atoms. The molecule has 45 heavy (non-hydrogen) atoms. The summed E-state index contributed by atoms with van der Waals surface area (Å²) in [5.74, 6) is 0.691. The Morgan fingerprint density at radius 2 is 1.49 bits per heavy atom. The van der Waals surface area contributed by atoms with Crippen LogP contribution in [0.2, 0.25) is 0 Å². The van der Waals surface area contributed by atoms with Crippen LogP contribution in [0.25, 0.3) is 0 Å². The van der Waals surface area contributed by atoms with Crippen LogP contribution in [0.4, 0.5) is 0 Å². The number of ether oxygens (including phenoxy) is 3. The van der Waals surface area contributed by atoms with Gasteiger partial charge in [0.05, 0.1) is 18.6 Å². The van der Waals surface area contributed by atoms with Crippen molar-refractivity contribution in [2.75, 3.05) is 7.11 Å². The molecule has 1 atom stereocenters. The molecule has 3 aromatic rings. The highest BCUT2D eigenvalue weighted by Gasteiger charge is 2.19. The van der Waals surface area contributed by atoms with Gasteiger partial charge in [-0.1, -0.05) is 70.2 Å². The SMILES string of the molecule is COc1cc(CNC(=O)CCCCC=CC(C)C)ccc1OC(=O)c1ccc(OC(=O)C(C)c2ccc(CC(C)C)cc2)cc1. The van der Waals surface area contributed by atoms with E-state index in [0.29, 0.717) is 41.9 Å². The van der Waals surface area contributed by atoms with Crippen molar-refractivity contribution in [2.45, 2.75) is 79.2 Å². The summed E-state index contributed by atoms with van der Waals surface area (Å²) >= 11 is 0. The van der Waals surface area contributed by atoms with Crippen molar-refractivity contribution in [1.82, 2.24) is 5.32 Å². The van der Waals surface area contributed by atoms with Crippen LogP contribution in [0.15, 0.2) is 78.9 Å². The number of amides is 1. The van der Waals surface area contributed by atoms with Gasteiger partial charge in [0.25, 0.3) is 0 Å². The summed E-state index contributed by atoms with van der Waals surface area (Å²) in [5, 5.41) is 2.93. The van der Waals surface area contributed by atoms with Crippen LogP contribution in [0.3, 0.4) is 0 Å². The number of hydrogen-bond donors (Lipinski definition) is 1. The van der Waals surface area contributed by atoms with E-state index in [9.17, 15) is 14.4 Å². The monoisotopic (exact) mass is 613 g/mol. The second-order valence-electron chi connectivity index (χ2n) is 12.1. The first-order chi connectivity index (χ1) is 21.5. The fraction of sp³-hybridized carbons (Fsp3) is 0.395. The van der Waals surface area contributed by atoms with Crippen LogP contribution >= 0.6 is 0 Å². The highest BCUT2D eigenvalue weighted by atomic mass is 16.6. The molecule has 1 N–H and O–H groups in total. The molecule has 7 heteroatoms. The van der Waals surface area contributed by atoms with E-state index in [-0.39, 0.29) is 17.6 Å². The van der Waals surface area contributed by atoms with Gasteiger partial charge in [0.2, 0.25) is 5.91 Å². The van der Waals surface area contributed by atoms with E-state index < -0.39 is 11.9 Å². The number of rotatable bonds is 16. The Kier molecular flexibility index (Phi) is 13.9. The summed E-state index contributed by atoms with van der Waals surface area (Å²) in [6, 6.07) is 19.4. The second-order valence-corrected chi connectivity index (χ2v) is 12.1. The summed E-state index contributed by atoms with van der Waals surface area (Å²) < 4.78 is 16.6. The number of benzene rings is 3. The second kappa shape index (κ2) is 17.8. The standard InChI is InChI=1S/C38H47NO6/c1-26(2)11-9-7-8-10-12-36(40)39-25-30-15-22-34(35(24-30)43-6)45-38(42)32-18-20-33(21-19-32)44-37(41)28(5)31-16-13-29(14-17-31)23-27(3)4/h9,11,13-22,24,26-28H,7-8,10,12,23,25H2,1-6H3,(H,39,40).